The first kappa shape index (κ1) is 9.00. The Morgan fingerprint density at radius 1 is 1.42 bits per heavy atom. The van der Waals surface area contributed by atoms with Crippen molar-refractivity contribution in [1.82, 2.24) is 9.97 Å². The van der Waals surface area contributed by atoms with E-state index in [9.17, 15) is 0 Å². The van der Waals surface area contributed by atoms with Gasteiger partial charge in [-0.2, -0.15) is 0 Å². The zero-order valence-electron chi connectivity index (χ0n) is 6.95. The quantitative estimate of drug-likeness (QED) is 0.525. The van der Waals surface area contributed by atoms with Crippen LogP contribution in [0.5, 0.6) is 0 Å². The van der Waals surface area contributed by atoms with Crippen LogP contribution in [-0.4, -0.2) is 16.2 Å². The first-order valence-corrected chi connectivity index (χ1v) is 4.70. The third-order valence-corrected chi connectivity index (χ3v) is 1.98. The SMILES string of the molecule is C=Cc1cnc(SC)nc1C=C. The maximum atomic E-state index is 4.24. The van der Waals surface area contributed by atoms with Gasteiger partial charge in [-0.25, -0.2) is 9.97 Å². The maximum Gasteiger partial charge on any atom is 0.187 e. The topological polar surface area (TPSA) is 25.8 Å². The molecule has 1 aromatic heterocycles. The highest BCUT2D eigenvalue weighted by atomic mass is 32.2. The average molecular weight is 178 g/mol. The minimum atomic E-state index is 0.760. The van der Waals surface area contributed by atoms with Crippen LogP contribution >= 0.6 is 11.8 Å². The van der Waals surface area contributed by atoms with Crippen LogP contribution in [0.4, 0.5) is 0 Å². The van der Waals surface area contributed by atoms with Crippen molar-refractivity contribution in [2.45, 2.75) is 5.16 Å². The summed E-state index contributed by atoms with van der Waals surface area (Å²) in [6, 6.07) is 0. The first-order valence-electron chi connectivity index (χ1n) is 3.47. The van der Waals surface area contributed by atoms with Crippen LogP contribution in [0.3, 0.4) is 0 Å². The van der Waals surface area contributed by atoms with Crippen LogP contribution in [0.2, 0.25) is 0 Å². The van der Waals surface area contributed by atoms with Gasteiger partial charge in [-0.1, -0.05) is 31.0 Å². The van der Waals surface area contributed by atoms with Crippen molar-refractivity contribution in [2.24, 2.45) is 0 Å². The molecule has 1 heterocycles. The molecule has 0 saturated heterocycles. The standard InChI is InChI=1S/C9H10N2S/c1-4-7-6-10-9(12-3)11-8(7)5-2/h4-6H,1-2H2,3H3. The second-order valence-corrected chi connectivity index (χ2v) is 2.88. The fourth-order valence-electron chi connectivity index (χ4n) is 0.806. The number of nitrogens with zero attached hydrogens (tertiary/aromatic N) is 2. The number of hydrogen-bond donors (Lipinski definition) is 0. The molecule has 0 atom stereocenters. The molecule has 0 bridgehead atoms. The Hall–Kier alpha value is -1.09. The second kappa shape index (κ2) is 4.07. The Labute approximate surface area is 76.4 Å². The first-order chi connectivity index (χ1) is 5.81. The van der Waals surface area contributed by atoms with E-state index in [-0.39, 0.29) is 0 Å². The zero-order chi connectivity index (χ0) is 8.97. The lowest BCUT2D eigenvalue weighted by Gasteiger charge is -2.00. The fourth-order valence-corrected chi connectivity index (χ4v) is 1.15. The molecule has 0 amide bonds. The maximum absolute atomic E-state index is 4.24. The Kier molecular flexibility index (Phi) is 3.05. The molecule has 1 aromatic rings. The van der Waals surface area contributed by atoms with Gasteiger partial charge < -0.3 is 0 Å². The molecule has 12 heavy (non-hydrogen) atoms. The van der Waals surface area contributed by atoms with E-state index in [1.54, 1.807) is 18.3 Å². The van der Waals surface area contributed by atoms with E-state index in [0.29, 0.717) is 0 Å². The summed E-state index contributed by atoms with van der Waals surface area (Å²) in [4.78, 5) is 8.35. The van der Waals surface area contributed by atoms with Crippen LogP contribution in [0.15, 0.2) is 24.5 Å². The van der Waals surface area contributed by atoms with Gasteiger partial charge in [-0.15, -0.1) is 0 Å². The van der Waals surface area contributed by atoms with Crippen LogP contribution in [0.25, 0.3) is 12.2 Å². The van der Waals surface area contributed by atoms with Crippen LogP contribution < -0.4 is 0 Å². The zero-order valence-corrected chi connectivity index (χ0v) is 7.77. The molecule has 0 spiro atoms. The summed E-state index contributed by atoms with van der Waals surface area (Å²) in [6.45, 7) is 7.33. The lowest BCUT2D eigenvalue weighted by atomic mass is 10.2. The van der Waals surface area contributed by atoms with Gasteiger partial charge >= 0.3 is 0 Å². The molecule has 0 aliphatic rings. The summed E-state index contributed by atoms with van der Waals surface area (Å²) in [5.74, 6) is 0. The molecule has 3 heteroatoms. The molecule has 0 saturated carbocycles. The molecule has 1 rings (SSSR count). The van der Waals surface area contributed by atoms with Crippen molar-refractivity contribution in [3.63, 3.8) is 0 Å². The molecule has 2 nitrogen and oxygen atoms in total. The second-order valence-electron chi connectivity index (χ2n) is 2.11. The van der Waals surface area contributed by atoms with Crippen molar-refractivity contribution in [1.29, 1.82) is 0 Å². The van der Waals surface area contributed by atoms with Gasteiger partial charge in [0.25, 0.3) is 0 Å². The highest BCUT2D eigenvalue weighted by Crippen LogP contribution is 2.13. The van der Waals surface area contributed by atoms with Gasteiger partial charge in [-0.3, -0.25) is 0 Å². The minimum absolute atomic E-state index is 0.760. The monoisotopic (exact) mass is 178 g/mol. The van der Waals surface area contributed by atoms with Gasteiger partial charge in [0.05, 0.1) is 5.69 Å². The smallest absolute Gasteiger partial charge is 0.187 e. The van der Waals surface area contributed by atoms with Gasteiger partial charge in [0.15, 0.2) is 5.16 Å². The van der Waals surface area contributed by atoms with E-state index >= 15 is 0 Å². The molecular weight excluding hydrogens is 168 g/mol. The summed E-state index contributed by atoms with van der Waals surface area (Å²) in [6.07, 6.45) is 7.12. The van der Waals surface area contributed by atoms with Crippen molar-refractivity contribution in [3.05, 3.63) is 30.6 Å². The Balaban J connectivity index is 3.18. The average Bonchev–Trinajstić information content (AvgIpc) is 2.16. The van der Waals surface area contributed by atoms with Crippen molar-refractivity contribution < 1.29 is 0 Å². The summed E-state index contributed by atoms with van der Waals surface area (Å²) in [7, 11) is 0. The lowest BCUT2D eigenvalue weighted by Crippen LogP contribution is -1.91. The van der Waals surface area contributed by atoms with Gasteiger partial charge in [0.1, 0.15) is 0 Å². The summed E-state index contributed by atoms with van der Waals surface area (Å²) < 4.78 is 0. The molecule has 0 N–H and O–H groups in total. The molecular formula is C9H10N2S. The van der Waals surface area contributed by atoms with Gasteiger partial charge in [-0.05, 0) is 12.3 Å². The van der Waals surface area contributed by atoms with E-state index in [1.165, 1.54) is 11.8 Å². The third kappa shape index (κ3) is 1.74. The summed E-state index contributed by atoms with van der Waals surface area (Å²) in [5, 5.41) is 0.760. The fraction of sp³-hybridized carbons (Fsp3) is 0.111. The Morgan fingerprint density at radius 2 is 2.17 bits per heavy atom. The van der Waals surface area contributed by atoms with Crippen molar-refractivity contribution >= 4 is 23.9 Å². The van der Waals surface area contributed by atoms with Crippen molar-refractivity contribution in [2.75, 3.05) is 6.26 Å². The highest BCUT2D eigenvalue weighted by molar-refractivity contribution is 7.98. The van der Waals surface area contributed by atoms with E-state index in [2.05, 4.69) is 23.1 Å². The molecule has 62 valence electrons. The molecule has 0 unspecified atom stereocenters. The third-order valence-electron chi connectivity index (χ3n) is 1.42. The predicted molar refractivity (Wildman–Crippen MR) is 54.0 cm³/mol. The number of rotatable bonds is 3. The molecule has 0 aromatic carbocycles. The molecule has 0 aliphatic heterocycles. The van der Waals surface area contributed by atoms with E-state index < -0.39 is 0 Å². The van der Waals surface area contributed by atoms with E-state index in [0.717, 1.165) is 16.4 Å². The minimum Gasteiger partial charge on any atom is -0.230 e. The number of hydrogen-bond acceptors (Lipinski definition) is 3. The predicted octanol–water partition coefficient (Wildman–Crippen LogP) is 2.48. The summed E-state index contributed by atoms with van der Waals surface area (Å²) in [5.41, 5.74) is 1.76. The molecule has 0 aliphatic carbocycles. The highest BCUT2D eigenvalue weighted by Gasteiger charge is 1.99. The van der Waals surface area contributed by atoms with E-state index in [1.807, 2.05) is 6.26 Å². The summed E-state index contributed by atoms with van der Waals surface area (Å²) >= 11 is 1.51. The van der Waals surface area contributed by atoms with Crippen LogP contribution in [0.1, 0.15) is 11.3 Å². The number of thioether (sulfide) groups is 1. The van der Waals surface area contributed by atoms with Gasteiger partial charge in [0.2, 0.25) is 0 Å². The Bertz CT molecular complexity index is 307. The molecule has 0 fully saturated rings. The van der Waals surface area contributed by atoms with E-state index in [4.69, 9.17) is 0 Å². The van der Waals surface area contributed by atoms with Gasteiger partial charge in [0, 0.05) is 11.8 Å². The van der Waals surface area contributed by atoms with Crippen molar-refractivity contribution in [3.8, 4) is 0 Å². The largest absolute Gasteiger partial charge is 0.230 e. The Morgan fingerprint density at radius 3 is 2.67 bits per heavy atom. The molecule has 0 radical (unpaired) electrons. The van der Waals surface area contributed by atoms with Crippen LogP contribution in [-0.2, 0) is 0 Å². The lowest BCUT2D eigenvalue weighted by molar-refractivity contribution is 0.956. The normalized spacial score (nSPS) is 9.42. The van der Waals surface area contributed by atoms with Crippen LogP contribution in [0, 0.1) is 0 Å². The number of aromatic nitrogens is 2.